The van der Waals surface area contributed by atoms with Gasteiger partial charge in [-0.2, -0.15) is 0 Å². The number of carbonyl (C=O) groups is 2. The first-order valence-corrected chi connectivity index (χ1v) is 6.48. The van der Waals surface area contributed by atoms with Crippen molar-refractivity contribution in [1.82, 2.24) is 10.2 Å². The van der Waals surface area contributed by atoms with Crippen molar-refractivity contribution < 1.29 is 9.59 Å². The minimum Gasteiger partial charge on any atom is -0.398 e. The Kier molecular flexibility index (Phi) is 3.86. The van der Waals surface area contributed by atoms with Crippen molar-refractivity contribution in [2.75, 3.05) is 25.4 Å². The average Bonchev–Trinajstić information content (AvgIpc) is 2.57. The Morgan fingerprint density at radius 3 is 2.89 bits per heavy atom. The summed E-state index contributed by atoms with van der Waals surface area (Å²) < 4.78 is 0.706. The maximum atomic E-state index is 12.2. The highest BCUT2D eigenvalue weighted by atomic mass is 79.9. The van der Waals surface area contributed by atoms with Gasteiger partial charge in [0.1, 0.15) is 0 Å². The highest BCUT2D eigenvalue weighted by Crippen LogP contribution is 2.21. The van der Waals surface area contributed by atoms with E-state index < -0.39 is 0 Å². The largest absolute Gasteiger partial charge is 0.398 e. The molecule has 1 heterocycles. The molecule has 2 amide bonds. The van der Waals surface area contributed by atoms with Gasteiger partial charge in [-0.3, -0.25) is 9.59 Å². The maximum Gasteiger partial charge on any atom is 0.253 e. The second kappa shape index (κ2) is 5.39. The normalized spacial score (nSPS) is 16.1. The van der Waals surface area contributed by atoms with E-state index in [0.29, 0.717) is 41.8 Å². The summed E-state index contributed by atoms with van der Waals surface area (Å²) >= 11 is 3.30. The van der Waals surface area contributed by atoms with Crippen LogP contribution in [0.5, 0.6) is 0 Å². The Morgan fingerprint density at radius 2 is 2.17 bits per heavy atom. The van der Waals surface area contributed by atoms with Gasteiger partial charge in [0.15, 0.2) is 0 Å². The summed E-state index contributed by atoms with van der Waals surface area (Å²) in [6.07, 6.45) is 0.349. The molecule has 6 heteroatoms. The molecular weight excluding hydrogens is 298 g/mol. The first-order valence-electron chi connectivity index (χ1n) is 5.69. The molecule has 0 unspecified atom stereocenters. The smallest absolute Gasteiger partial charge is 0.253 e. The molecule has 1 fully saturated rings. The molecule has 1 aromatic rings. The number of benzene rings is 1. The van der Waals surface area contributed by atoms with Gasteiger partial charge in [0.25, 0.3) is 5.91 Å². The Labute approximate surface area is 113 Å². The van der Waals surface area contributed by atoms with Crippen LogP contribution in [-0.4, -0.2) is 36.3 Å². The summed E-state index contributed by atoms with van der Waals surface area (Å²) in [5, 5.41) is 2.74. The third-order valence-electron chi connectivity index (χ3n) is 2.85. The number of hydrogen-bond acceptors (Lipinski definition) is 3. The lowest BCUT2D eigenvalue weighted by molar-refractivity contribution is -0.120. The van der Waals surface area contributed by atoms with E-state index >= 15 is 0 Å². The fraction of sp³-hybridized carbons (Fsp3) is 0.333. The summed E-state index contributed by atoms with van der Waals surface area (Å²) in [7, 11) is 0. The lowest BCUT2D eigenvalue weighted by atomic mass is 10.2. The molecule has 0 saturated carbocycles. The number of nitrogen functional groups attached to an aromatic ring is 1. The van der Waals surface area contributed by atoms with Gasteiger partial charge < -0.3 is 16.0 Å². The molecular formula is C12H14BrN3O2. The molecule has 0 bridgehead atoms. The van der Waals surface area contributed by atoms with E-state index in [4.69, 9.17) is 5.73 Å². The number of halogens is 1. The number of hydrogen-bond donors (Lipinski definition) is 2. The molecule has 0 atom stereocenters. The third-order valence-corrected chi connectivity index (χ3v) is 3.53. The summed E-state index contributed by atoms with van der Waals surface area (Å²) in [5.41, 5.74) is 6.86. The van der Waals surface area contributed by atoms with E-state index in [2.05, 4.69) is 21.2 Å². The van der Waals surface area contributed by atoms with Gasteiger partial charge >= 0.3 is 0 Å². The molecule has 5 nitrogen and oxygen atoms in total. The zero-order chi connectivity index (χ0) is 13.1. The van der Waals surface area contributed by atoms with Crippen molar-refractivity contribution in [3.05, 3.63) is 28.2 Å². The number of nitrogens with two attached hydrogens (primary N) is 1. The van der Waals surface area contributed by atoms with Crippen LogP contribution in [0.25, 0.3) is 0 Å². The summed E-state index contributed by atoms with van der Waals surface area (Å²) in [6, 6.07) is 5.10. The van der Waals surface area contributed by atoms with E-state index in [-0.39, 0.29) is 11.8 Å². The van der Waals surface area contributed by atoms with Crippen molar-refractivity contribution in [3.8, 4) is 0 Å². The van der Waals surface area contributed by atoms with Gasteiger partial charge in [-0.05, 0) is 34.1 Å². The van der Waals surface area contributed by atoms with Gasteiger partial charge in [-0.1, -0.05) is 0 Å². The zero-order valence-corrected chi connectivity index (χ0v) is 11.4. The SMILES string of the molecule is Nc1ccc(C(=O)N2CCNC(=O)CC2)cc1Br. The molecule has 0 aliphatic carbocycles. The quantitative estimate of drug-likeness (QED) is 0.760. The maximum absolute atomic E-state index is 12.2. The van der Waals surface area contributed by atoms with Crippen LogP contribution in [0.3, 0.4) is 0 Å². The monoisotopic (exact) mass is 311 g/mol. The first-order chi connectivity index (χ1) is 8.58. The number of anilines is 1. The van der Waals surface area contributed by atoms with Crippen LogP contribution in [0.1, 0.15) is 16.8 Å². The van der Waals surface area contributed by atoms with Gasteiger partial charge in [-0.15, -0.1) is 0 Å². The van der Waals surface area contributed by atoms with E-state index in [0.717, 1.165) is 0 Å². The van der Waals surface area contributed by atoms with Gasteiger partial charge in [0.2, 0.25) is 5.91 Å². The van der Waals surface area contributed by atoms with E-state index in [9.17, 15) is 9.59 Å². The predicted molar refractivity (Wildman–Crippen MR) is 72.1 cm³/mol. The summed E-state index contributed by atoms with van der Waals surface area (Å²) in [5.74, 6) is -0.0870. The second-order valence-electron chi connectivity index (χ2n) is 4.13. The molecule has 18 heavy (non-hydrogen) atoms. The molecule has 0 radical (unpaired) electrons. The van der Waals surface area contributed by atoms with E-state index in [1.807, 2.05) is 0 Å². The molecule has 0 aromatic heterocycles. The summed E-state index contributed by atoms with van der Waals surface area (Å²) in [4.78, 5) is 25.1. The number of carbonyl (C=O) groups excluding carboxylic acids is 2. The number of nitrogens with one attached hydrogen (secondary N) is 1. The summed E-state index contributed by atoms with van der Waals surface area (Å²) in [6.45, 7) is 1.49. The standard InChI is InChI=1S/C12H14BrN3O2/c13-9-7-8(1-2-10(9)14)12(18)16-5-3-11(17)15-4-6-16/h1-2,7H,3-6,14H2,(H,15,17). The van der Waals surface area contributed by atoms with Crippen molar-refractivity contribution in [2.24, 2.45) is 0 Å². The Hall–Kier alpha value is -1.56. The topological polar surface area (TPSA) is 75.4 Å². The fourth-order valence-electron chi connectivity index (χ4n) is 1.81. The van der Waals surface area contributed by atoms with Crippen molar-refractivity contribution in [2.45, 2.75) is 6.42 Å². The van der Waals surface area contributed by atoms with Crippen LogP contribution in [0.15, 0.2) is 22.7 Å². The van der Waals surface area contributed by atoms with E-state index in [1.54, 1.807) is 23.1 Å². The first kappa shape index (κ1) is 12.9. The van der Waals surface area contributed by atoms with E-state index in [1.165, 1.54) is 0 Å². The highest BCUT2D eigenvalue weighted by Gasteiger charge is 2.19. The molecule has 1 aromatic carbocycles. The number of amides is 2. The minimum atomic E-state index is -0.0767. The van der Waals surface area contributed by atoms with Crippen molar-refractivity contribution in [1.29, 1.82) is 0 Å². The fourth-order valence-corrected chi connectivity index (χ4v) is 2.19. The Morgan fingerprint density at radius 1 is 1.39 bits per heavy atom. The third kappa shape index (κ3) is 2.81. The molecule has 0 spiro atoms. The molecule has 1 aliphatic rings. The molecule has 1 saturated heterocycles. The lowest BCUT2D eigenvalue weighted by Gasteiger charge is -2.19. The van der Waals surface area contributed by atoms with Gasteiger partial charge in [0, 0.05) is 41.8 Å². The van der Waals surface area contributed by atoms with Crippen molar-refractivity contribution >= 4 is 33.4 Å². The zero-order valence-electron chi connectivity index (χ0n) is 9.78. The van der Waals surface area contributed by atoms with Crippen molar-refractivity contribution in [3.63, 3.8) is 0 Å². The molecule has 1 aliphatic heterocycles. The highest BCUT2D eigenvalue weighted by molar-refractivity contribution is 9.10. The van der Waals surface area contributed by atoms with Crippen LogP contribution in [0.4, 0.5) is 5.69 Å². The van der Waals surface area contributed by atoms with Crippen LogP contribution < -0.4 is 11.1 Å². The second-order valence-corrected chi connectivity index (χ2v) is 4.98. The number of rotatable bonds is 1. The van der Waals surface area contributed by atoms with Gasteiger partial charge in [0.05, 0.1) is 0 Å². The van der Waals surface area contributed by atoms with Crippen LogP contribution in [0, 0.1) is 0 Å². The van der Waals surface area contributed by atoms with Crippen LogP contribution in [0.2, 0.25) is 0 Å². The molecule has 96 valence electrons. The average molecular weight is 312 g/mol. The Bertz CT molecular complexity index is 490. The van der Waals surface area contributed by atoms with Crippen LogP contribution >= 0.6 is 15.9 Å². The predicted octanol–water partition coefficient (Wildman–Crippen LogP) is 0.993. The number of nitrogens with zero attached hydrogens (tertiary/aromatic N) is 1. The lowest BCUT2D eigenvalue weighted by Crippen LogP contribution is -2.34. The van der Waals surface area contributed by atoms with Gasteiger partial charge in [-0.25, -0.2) is 0 Å². The Balaban J connectivity index is 2.14. The molecule has 3 N–H and O–H groups in total. The minimum absolute atomic E-state index is 0.0104. The van der Waals surface area contributed by atoms with Crippen LogP contribution in [-0.2, 0) is 4.79 Å². The molecule has 2 rings (SSSR count).